The summed E-state index contributed by atoms with van der Waals surface area (Å²) in [6.07, 6.45) is 0.569. The first-order valence-electron chi connectivity index (χ1n) is 5.59. The van der Waals surface area contributed by atoms with Gasteiger partial charge in [0, 0.05) is 10.9 Å². The topological polar surface area (TPSA) is 63.6 Å². The first-order chi connectivity index (χ1) is 8.34. The number of hydrogen-bond donors (Lipinski definition) is 1. The Morgan fingerprint density at radius 3 is 2.78 bits per heavy atom. The fourth-order valence-electron chi connectivity index (χ4n) is 2.28. The molecule has 1 unspecified atom stereocenters. The normalized spacial score (nSPS) is 26.2. The maximum Gasteiger partial charge on any atom is 0.153 e. The molecule has 1 aliphatic heterocycles. The minimum atomic E-state index is -3.11. The Morgan fingerprint density at radius 1 is 1.50 bits per heavy atom. The van der Waals surface area contributed by atoms with Crippen molar-refractivity contribution in [3.05, 3.63) is 28.2 Å². The molecule has 1 aromatic rings. The van der Waals surface area contributed by atoms with E-state index in [0.717, 1.165) is 10.0 Å². The van der Waals surface area contributed by atoms with Gasteiger partial charge in [-0.3, -0.25) is 0 Å². The van der Waals surface area contributed by atoms with Crippen LogP contribution in [0.1, 0.15) is 12.0 Å². The van der Waals surface area contributed by atoms with Crippen LogP contribution in [0.2, 0.25) is 0 Å². The van der Waals surface area contributed by atoms with Gasteiger partial charge in [-0.25, -0.2) is 8.42 Å². The van der Waals surface area contributed by atoms with Gasteiger partial charge in [0.2, 0.25) is 0 Å². The zero-order chi connectivity index (χ0) is 13.4. The first-order valence-corrected chi connectivity index (χ1v) is 8.20. The maximum absolute atomic E-state index is 11.5. The van der Waals surface area contributed by atoms with Crippen LogP contribution in [0.25, 0.3) is 0 Å². The molecule has 0 aliphatic carbocycles. The molecule has 0 radical (unpaired) electrons. The second-order valence-electron chi connectivity index (χ2n) is 4.70. The zero-order valence-corrected chi connectivity index (χ0v) is 12.4. The highest BCUT2D eigenvalue weighted by atomic mass is 79.9. The molecule has 1 aromatic carbocycles. The molecule has 6 heteroatoms. The third-order valence-corrected chi connectivity index (χ3v) is 5.43. The van der Waals surface area contributed by atoms with E-state index in [2.05, 4.69) is 15.9 Å². The fraction of sp³-hybridized carbons (Fsp3) is 0.500. The number of halogens is 1. The summed E-state index contributed by atoms with van der Waals surface area (Å²) in [5, 5.41) is 10.3. The van der Waals surface area contributed by atoms with E-state index in [4.69, 9.17) is 4.74 Å². The molecule has 0 aromatic heterocycles. The molecule has 100 valence electrons. The summed E-state index contributed by atoms with van der Waals surface area (Å²) in [5.74, 6) is 0.547. The van der Waals surface area contributed by atoms with Gasteiger partial charge in [-0.2, -0.15) is 0 Å². The highest BCUT2D eigenvalue weighted by molar-refractivity contribution is 9.10. The molecule has 4 nitrogen and oxygen atoms in total. The van der Waals surface area contributed by atoms with Gasteiger partial charge in [-0.05, 0) is 30.2 Å². The highest BCUT2D eigenvalue weighted by Gasteiger charge is 2.41. The SMILES string of the molecule is COc1ccc(Br)cc1CC1(O)CCS(=O)(=O)C1. The summed E-state index contributed by atoms with van der Waals surface area (Å²) in [7, 11) is -1.55. The minimum Gasteiger partial charge on any atom is -0.496 e. The van der Waals surface area contributed by atoms with E-state index in [-0.39, 0.29) is 24.3 Å². The van der Waals surface area contributed by atoms with E-state index in [1.807, 2.05) is 12.1 Å². The Balaban J connectivity index is 2.27. The molecule has 0 bridgehead atoms. The van der Waals surface area contributed by atoms with Gasteiger partial charge in [-0.1, -0.05) is 15.9 Å². The molecule has 18 heavy (non-hydrogen) atoms. The van der Waals surface area contributed by atoms with Crippen molar-refractivity contribution in [1.29, 1.82) is 0 Å². The second-order valence-corrected chi connectivity index (χ2v) is 7.80. The Hall–Kier alpha value is -0.590. The van der Waals surface area contributed by atoms with Crippen LogP contribution in [0, 0.1) is 0 Å². The fourth-order valence-corrected chi connectivity index (χ4v) is 4.59. The van der Waals surface area contributed by atoms with Gasteiger partial charge in [0.15, 0.2) is 9.84 Å². The predicted molar refractivity (Wildman–Crippen MR) is 72.6 cm³/mol. The lowest BCUT2D eigenvalue weighted by Gasteiger charge is -2.22. The van der Waals surface area contributed by atoms with Crippen molar-refractivity contribution in [3.63, 3.8) is 0 Å². The van der Waals surface area contributed by atoms with Crippen LogP contribution in [0.15, 0.2) is 22.7 Å². The Kier molecular flexibility index (Phi) is 3.71. The molecule has 2 rings (SSSR count). The molecule has 0 amide bonds. The number of sulfone groups is 1. The van der Waals surface area contributed by atoms with E-state index in [9.17, 15) is 13.5 Å². The number of benzene rings is 1. The van der Waals surface area contributed by atoms with Crippen molar-refractivity contribution in [3.8, 4) is 5.75 Å². The molecular formula is C12H15BrO4S. The lowest BCUT2D eigenvalue weighted by molar-refractivity contribution is 0.0675. The van der Waals surface area contributed by atoms with Crippen LogP contribution in [0.4, 0.5) is 0 Å². The van der Waals surface area contributed by atoms with Crippen LogP contribution in [0.5, 0.6) is 5.75 Å². The van der Waals surface area contributed by atoms with E-state index in [1.54, 1.807) is 13.2 Å². The molecule has 1 N–H and O–H groups in total. The van der Waals surface area contributed by atoms with Gasteiger partial charge in [0.05, 0.1) is 24.2 Å². The third kappa shape index (κ3) is 3.05. The van der Waals surface area contributed by atoms with Crippen LogP contribution >= 0.6 is 15.9 Å². The first kappa shape index (κ1) is 13.8. The van der Waals surface area contributed by atoms with E-state index in [0.29, 0.717) is 5.75 Å². The Morgan fingerprint density at radius 2 is 2.22 bits per heavy atom. The smallest absolute Gasteiger partial charge is 0.153 e. The number of rotatable bonds is 3. The summed E-state index contributed by atoms with van der Waals surface area (Å²) >= 11 is 3.36. The molecule has 0 spiro atoms. The van der Waals surface area contributed by atoms with E-state index >= 15 is 0 Å². The average Bonchev–Trinajstić information content (AvgIpc) is 2.53. The van der Waals surface area contributed by atoms with Crippen LogP contribution in [-0.2, 0) is 16.3 Å². The van der Waals surface area contributed by atoms with E-state index < -0.39 is 15.4 Å². The summed E-state index contributed by atoms with van der Waals surface area (Å²) < 4.78 is 29.0. The Labute approximate surface area is 115 Å². The predicted octanol–water partition coefficient (Wildman–Crippen LogP) is 1.55. The van der Waals surface area contributed by atoms with Crippen LogP contribution < -0.4 is 4.74 Å². The summed E-state index contributed by atoms with van der Waals surface area (Å²) in [6, 6.07) is 5.49. The van der Waals surface area contributed by atoms with Crippen molar-refractivity contribution in [2.75, 3.05) is 18.6 Å². The van der Waals surface area contributed by atoms with Gasteiger partial charge >= 0.3 is 0 Å². The molecule has 1 heterocycles. The van der Waals surface area contributed by atoms with Gasteiger partial charge in [-0.15, -0.1) is 0 Å². The highest BCUT2D eigenvalue weighted by Crippen LogP contribution is 2.32. The van der Waals surface area contributed by atoms with Crippen molar-refractivity contribution < 1.29 is 18.3 Å². The lowest BCUT2D eigenvalue weighted by Crippen LogP contribution is -2.32. The number of methoxy groups -OCH3 is 1. The molecule has 1 atom stereocenters. The van der Waals surface area contributed by atoms with Gasteiger partial charge in [0.25, 0.3) is 0 Å². The van der Waals surface area contributed by atoms with Crippen LogP contribution in [0.3, 0.4) is 0 Å². The number of ether oxygens (including phenoxy) is 1. The minimum absolute atomic E-state index is 0.0554. The van der Waals surface area contributed by atoms with Crippen molar-refractivity contribution in [2.24, 2.45) is 0 Å². The molecule has 1 aliphatic rings. The van der Waals surface area contributed by atoms with Crippen molar-refractivity contribution >= 4 is 25.8 Å². The lowest BCUT2D eigenvalue weighted by atomic mass is 9.93. The summed E-state index contributed by atoms with van der Waals surface area (Å²) in [6.45, 7) is 0. The van der Waals surface area contributed by atoms with Gasteiger partial charge < -0.3 is 9.84 Å². The molecule has 1 saturated heterocycles. The number of hydrogen-bond acceptors (Lipinski definition) is 4. The Bertz CT molecular complexity index is 555. The second kappa shape index (κ2) is 4.83. The van der Waals surface area contributed by atoms with Gasteiger partial charge in [0.1, 0.15) is 5.75 Å². The standard InChI is InChI=1S/C12H15BrO4S/c1-17-11-3-2-10(13)6-9(11)7-12(14)4-5-18(15,16)8-12/h2-3,6,14H,4-5,7-8H2,1H3. The van der Waals surface area contributed by atoms with E-state index in [1.165, 1.54) is 0 Å². The molecule has 0 saturated carbocycles. The maximum atomic E-state index is 11.5. The van der Waals surface area contributed by atoms with Crippen molar-refractivity contribution in [1.82, 2.24) is 0 Å². The largest absolute Gasteiger partial charge is 0.496 e. The quantitative estimate of drug-likeness (QED) is 0.910. The van der Waals surface area contributed by atoms with Crippen LogP contribution in [-0.4, -0.2) is 37.7 Å². The monoisotopic (exact) mass is 334 g/mol. The summed E-state index contributed by atoms with van der Waals surface area (Å²) in [4.78, 5) is 0. The zero-order valence-electron chi connectivity index (χ0n) is 10.0. The summed E-state index contributed by atoms with van der Waals surface area (Å²) in [5.41, 5.74) is -0.362. The molecular weight excluding hydrogens is 320 g/mol. The molecule has 1 fully saturated rings. The third-order valence-electron chi connectivity index (χ3n) is 3.13. The van der Waals surface area contributed by atoms with Crippen molar-refractivity contribution in [2.45, 2.75) is 18.4 Å². The number of aliphatic hydroxyl groups is 1. The average molecular weight is 335 g/mol.